The lowest BCUT2D eigenvalue weighted by molar-refractivity contribution is -0.142. The number of hydrogen-bond donors (Lipinski definition) is 1. The zero-order valence-corrected chi connectivity index (χ0v) is 13.6. The van der Waals surface area contributed by atoms with Crippen LogP contribution < -0.4 is 5.32 Å². The molecule has 0 aliphatic carbocycles. The summed E-state index contributed by atoms with van der Waals surface area (Å²) in [6, 6.07) is 7.50. The van der Waals surface area contributed by atoms with Gasteiger partial charge in [0.05, 0.1) is 0 Å². The third kappa shape index (κ3) is 4.88. The highest BCUT2D eigenvalue weighted by Crippen LogP contribution is 2.23. The highest BCUT2D eigenvalue weighted by molar-refractivity contribution is 6.39. The average Bonchev–Trinajstić information content (AvgIpc) is 2.46. The minimum atomic E-state index is -0.660. The molecule has 2 amide bonds. The summed E-state index contributed by atoms with van der Waals surface area (Å²) in [6.07, 6.45) is 3.15. The van der Waals surface area contributed by atoms with Gasteiger partial charge in [-0.2, -0.15) is 0 Å². The number of carbonyl (C=O) groups excluding carboxylic acids is 2. The fourth-order valence-electron chi connectivity index (χ4n) is 1.93. The molecule has 0 unspecified atom stereocenters. The summed E-state index contributed by atoms with van der Waals surface area (Å²) >= 11 is 0. The van der Waals surface area contributed by atoms with E-state index in [0.29, 0.717) is 18.8 Å². The van der Waals surface area contributed by atoms with E-state index in [-0.39, 0.29) is 5.41 Å². The molecule has 1 aromatic rings. The van der Waals surface area contributed by atoms with Crippen LogP contribution in [-0.2, 0) is 15.0 Å². The zero-order valence-electron chi connectivity index (χ0n) is 13.6. The van der Waals surface area contributed by atoms with Gasteiger partial charge >= 0.3 is 11.8 Å². The molecule has 0 atom stereocenters. The van der Waals surface area contributed by atoms with Crippen molar-refractivity contribution in [2.45, 2.75) is 26.2 Å². The van der Waals surface area contributed by atoms with Gasteiger partial charge < -0.3 is 10.2 Å². The maximum atomic E-state index is 12.1. The molecule has 0 aliphatic heterocycles. The molecule has 118 valence electrons. The molecule has 0 heterocycles. The number of nitrogens with zero attached hydrogens (tertiary/aromatic N) is 1. The molecule has 0 saturated carbocycles. The summed E-state index contributed by atoms with van der Waals surface area (Å²) in [6.45, 7) is 14.1. The number of nitrogens with one attached hydrogen (secondary N) is 1. The Kier molecular flexibility index (Phi) is 6.11. The van der Waals surface area contributed by atoms with Crippen LogP contribution in [0.2, 0.25) is 0 Å². The van der Waals surface area contributed by atoms with E-state index >= 15 is 0 Å². The van der Waals surface area contributed by atoms with Crippen molar-refractivity contribution in [3.63, 3.8) is 0 Å². The Balaban J connectivity index is 2.77. The van der Waals surface area contributed by atoms with Gasteiger partial charge in [-0.15, -0.1) is 13.2 Å². The Labute approximate surface area is 132 Å². The zero-order chi connectivity index (χ0) is 16.8. The van der Waals surface area contributed by atoms with E-state index in [1.165, 1.54) is 4.90 Å². The van der Waals surface area contributed by atoms with E-state index in [1.54, 1.807) is 24.3 Å². The molecular weight excluding hydrogens is 276 g/mol. The van der Waals surface area contributed by atoms with E-state index in [0.717, 1.165) is 5.56 Å². The molecule has 1 N–H and O–H groups in total. The first-order chi connectivity index (χ1) is 10.3. The van der Waals surface area contributed by atoms with Gasteiger partial charge in [-0.3, -0.25) is 9.59 Å². The maximum Gasteiger partial charge on any atom is 0.313 e. The molecule has 0 aromatic heterocycles. The van der Waals surface area contributed by atoms with E-state index in [4.69, 9.17) is 0 Å². The quantitative estimate of drug-likeness (QED) is 0.671. The van der Waals surface area contributed by atoms with Crippen molar-refractivity contribution in [2.24, 2.45) is 0 Å². The van der Waals surface area contributed by atoms with Gasteiger partial charge in [0, 0.05) is 18.8 Å². The minimum Gasteiger partial charge on any atom is -0.327 e. The molecule has 0 saturated heterocycles. The molecule has 0 radical (unpaired) electrons. The lowest BCUT2D eigenvalue weighted by Gasteiger charge is -2.20. The third-order valence-corrected chi connectivity index (χ3v) is 3.19. The topological polar surface area (TPSA) is 49.4 Å². The van der Waals surface area contributed by atoms with Crippen LogP contribution in [0.4, 0.5) is 5.69 Å². The molecule has 0 bridgehead atoms. The summed E-state index contributed by atoms with van der Waals surface area (Å²) in [5.74, 6) is -1.26. The molecule has 4 nitrogen and oxygen atoms in total. The Morgan fingerprint density at radius 3 is 2.00 bits per heavy atom. The summed E-state index contributed by atoms with van der Waals surface area (Å²) in [4.78, 5) is 25.5. The van der Waals surface area contributed by atoms with Crippen molar-refractivity contribution < 1.29 is 9.59 Å². The monoisotopic (exact) mass is 300 g/mol. The molecule has 0 aliphatic rings. The van der Waals surface area contributed by atoms with Gasteiger partial charge in [-0.1, -0.05) is 45.1 Å². The Bertz CT molecular complexity index is 543. The molecule has 1 rings (SSSR count). The lowest BCUT2D eigenvalue weighted by atomic mass is 9.87. The number of carbonyl (C=O) groups is 2. The van der Waals surface area contributed by atoms with Gasteiger partial charge in [-0.25, -0.2) is 0 Å². The molecule has 1 aromatic carbocycles. The predicted molar refractivity (Wildman–Crippen MR) is 90.7 cm³/mol. The second-order valence-corrected chi connectivity index (χ2v) is 6.07. The van der Waals surface area contributed by atoms with Crippen LogP contribution >= 0.6 is 0 Å². The third-order valence-electron chi connectivity index (χ3n) is 3.19. The predicted octanol–water partition coefficient (Wildman–Crippen LogP) is 3.12. The standard InChI is InChI=1S/C18H24N2O2/c1-6-12-20(13-7-2)17(22)16(21)19-15-10-8-14(9-11-15)18(3,4)5/h6-11H,1-2,12-13H2,3-5H3,(H,19,21). The van der Waals surface area contributed by atoms with E-state index in [1.807, 2.05) is 12.1 Å². The fraction of sp³-hybridized carbons (Fsp3) is 0.333. The largest absolute Gasteiger partial charge is 0.327 e. The SMILES string of the molecule is C=CCN(CC=C)C(=O)C(=O)Nc1ccc(C(C)(C)C)cc1. The van der Waals surface area contributed by atoms with Crippen LogP contribution in [0.3, 0.4) is 0 Å². The highest BCUT2D eigenvalue weighted by Gasteiger charge is 2.20. The minimum absolute atomic E-state index is 0.0447. The van der Waals surface area contributed by atoms with Crippen molar-refractivity contribution in [3.05, 3.63) is 55.1 Å². The second kappa shape index (κ2) is 7.59. The molecule has 0 fully saturated rings. The number of amides is 2. The van der Waals surface area contributed by atoms with E-state index < -0.39 is 11.8 Å². The van der Waals surface area contributed by atoms with Crippen LogP contribution in [0, 0.1) is 0 Å². The van der Waals surface area contributed by atoms with Crippen molar-refractivity contribution in [2.75, 3.05) is 18.4 Å². The summed E-state index contributed by atoms with van der Waals surface area (Å²) in [7, 11) is 0. The molecule has 22 heavy (non-hydrogen) atoms. The second-order valence-electron chi connectivity index (χ2n) is 6.07. The summed E-state index contributed by atoms with van der Waals surface area (Å²) in [5.41, 5.74) is 1.81. The normalized spacial score (nSPS) is 10.7. The van der Waals surface area contributed by atoms with Gasteiger partial charge in [0.25, 0.3) is 0 Å². The number of anilines is 1. The molecule has 0 spiro atoms. The van der Waals surface area contributed by atoms with Crippen molar-refractivity contribution in [1.82, 2.24) is 4.90 Å². The van der Waals surface area contributed by atoms with Crippen LogP contribution in [0.25, 0.3) is 0 Å². The van der Waals surface area contributed by atoms with Gasteiger partial charge in [0.2, 0.25) is 0 Å². The Morgan fingerprint density at radius 1 is 1.09 bits per heavy atom. The first-order valence-corrected chi connectivity index (χ1v) is 7.22. The first-order valence-electron chi connectivity index (χ1n) is 7.22. The van der Waals surface area contributed by atoms with Crippen molar-refractivity contribution >= 4 is 17.5 Å². The number of rotatable bonds is 5. The van der Waals surface area contributed by atoms with Crippen molar-refractivity contribution in [1.29, 1.82) is 0 Å². The molecular formula is C18H24N2O2. The van der Waals surface area contributed by atoms with Crippen LogP contribution in [-0.4, -0.2) is 29.8 Å². The average molecular weight is 300 g/mol. The van der Waals surface area contributed by atoms with E-state index in [9.17, 15) is 9.59 Å². The van der Waals surface area contributed by atoms with Gasteiger partial charge in [-0.05, 0) is 23.1 Å². The Morgan fingerprint density at radius 2 is 1.59 bits per heavy atom. The summed E-state index contributed by atoms with van der Waals surface area (Å²) < 4.78 is 0. The van der Waals surface area contributed by atoms with Crippen LogP contribution in [0.1, 0.15) is 26.3 Å². The summed E-state index contributed by atoms with van der Waals surface area (Å²) in [5, 5.41) is 2.62. The van der Waals surface area contributed by atoms with Crippen LogP contribution in [0.15, 0.2) is 49.6 Å². The smallest absolute Gasteiger partial charge is 0.313 e. The van der Waals surface area contributed by atoms with E-state index in [2.05, 4.69) is 39.2 Å². The number of hydrogen-bond acceptors (Lipinski definition) is 2. The van der Waals surface area contributed by atoms with Crippen molar-refractivity contribution in [3.8, 4) is 0 Å². The lowest BCUT2D eigenvalue weighted by Crippen LogP contribution is -2.39. The molecule has 4 heteroatoms. The first kappa shape index (κ1) is 17.7. The number of benzene rings is 1. The maximum absolute atomic E-state index is 12.1. The van der Waals surface area contributed by atoms with Crippen LogP contribution in [0.5, 0.6) is 0 Å². The fourth-order valence-corrected chi connectivity index (χ4v) is 1.93. The van der Waals surface area contributed by atoms with Gasteiger partial charge in [0.15, 0.2) is 0 Å². The highest BCUT2D eigenvalue weighted by atomic mass is 16.2. The Hall–Kier alpha value is -2.36. The van der Waals surface area contributed by atoms with Gasteiger partial charge in [0.1, 0.15) is 0 Å².